The van der Waals surface area contributed by atoms with E-state index in [0.717, 1.165) is 42.9 Å². The van der Waals surface area contributed by atoms with Gasteiger partial charge in [-0.15, -0.1) is 0 Å². The van der Waals surface area contributed by atoms with Crippen molar-refractivity contribution >= 4 is 11.6 Å². The first-order valence-corrected chi connectivity index (χ1v) is 9.61. The predicted octanol–water partition coefficient (Wildman–Crippen LogP) is 3.33. The van der Waals surface area contributed by atoms with E-state index in [2.05, 4.69) is 10.0 Å². The van der Waals surface area contributed by atoms with Gasteiger partial charge in [0, 0.05) is 25.4 Å². The molecule has 142 valence electrons. The summed E-state index contributed by atoms with van der Waals surface area (Å²) in [4.78, 5) is 15.3. The number of amides is 1. The maximum Gasteiger partial charge on any atom is 0.257 e. The van der Waals surface area contributed by atoms with Crippen LogP contribution in [-0.2, 0) is 11.8 Å². The number of carbonyl (C=O) groups excluding carboxylic acids is 1. The van der Waals surface area contributed by atoms with Crippen LogP contribution in [0.25, 0.3) is 0 Å². The highest BCUT2D eigenvalue weighted by atomic mass is 19.1. The number of hydrogen-bond donors (Lipinski definition) is 0. The summed E-state index contributed by atoms with van der Waals surface area (Å²) in [6.07, 6.45) is 6.16. The van der Waals surface area contributed by atoms with Crippen molar-refractivity contribution in [3.63, 3.8) is 0 Å². The molecule has 1 amide bonds. The number of hydrogen-bond acceptors (Lipinski definition) is 3. The predicted molar refractivity (Wildman–Crippen MR) is 103 cm³/mol. The van der Waals surface area contributed by atoms with Crippen LogP contribution in [0.3, 0.4) is 0 Å². The molecule has 4 rings (SSSR count). The van der Waals surface area contributed by atoms with Gasteiger partial charge in [0.1, 0.15) is 11.9 Å². The lowest BCUT2D eigenvalue weighted by Crippen LogP contribution is -2.40. The first kappa shape index (κ1) is 17.9. The molecule has 1 fully saturated rings. The summed E-state index contributed by atoms with van der Waals surface area (Å²) in [7, 11) is 1.98. The molecule has 0 N–H and O–H groups in total. The molecule has 5 nitrogen and oxygen atoms in total. The fourth-order valence-corrected chi connectivity index (χ4v) is 3.99. The Bertz CT molecular complexity index is 836. The lowest BCUT2D eigenvalue weighted by Gasteiger charge is -2.29. The molecule has 1 aromatic carbocycles. The topological polar surface area (TPSA) is 40.8 Å². The lowest BCUT2D eigenvalue weighted by atomic mass is 10.0. The van der Waals surface area contributed by atoms with E-state index in [9.17, 15) is 9.18 Å². The second kappa shape index (κ2) is 7.64. The van der Waals surface area contributed by atoms with Gasteiger partial charge in [0.05, 0.1) is 12.3 Å². The maximum atomic E-state index is 13.3. The number of halogens is 1. The number of benzene rings is 1. The van der Waals surface area contributed by atoms with Crippen molar-refractivity contribution in [1.82, 2.24) is 14.5 Å². The van der Waals surface area contributed by atoms with Crippen molar-refractivity contribution in [3.05, 3.63) is 59.7 Å². The van der Waals surface area contributed by atoms with Gasteiger partial charge in [0.25, 0.3) is 5.91 Å². The Kier molecular flexibility index (Phi) is 5.07. The number of rotatable bonds is 4. The molecule has 6 heteroatoms. The molecule has 1 atom stereocenters. The van der Waals surface area contributed by atoms with Crippen LogP contribution in [0.4, 0.5) is 4.39 Å². The Morgan fingerprint density at radius 3 is 2.56 bits per heavy atom. The third kappa shape index (κ3) is 3.81. The fraction of sp³-hybridized carbons (Fsp3) is 0.429. The van der Waals surface area contributed by atoms with Crippen LogP contribution in [0.2, 0.25) is 0 Å². The molecule has 2 aromatic rings. The minimum atomic E-state index is -0.269. The van der Waals surface area contributed by atoms with Crippen LogP contribution in [0.5, 0.6) is 0 Å². The standard InChI is InChI=1S/C21H25FN4O/c1-24-11-5-6-19(24)20-14-18(16-7-9-17(22)10-8-16)23-26(20)21(27)15-25-12-3-2-4-13-25/h5-11,20H,2-4,12-15H2,1H3. The summed E-state index contributed by atoms with van der Waals surface area (Å²) in [6.45, 7) is 2.35. The Morgan fingerprint density at radius 2 is 1.89 bits per heavy atom. The van der Waals surface area contributed by atoms with Crippen LogP contribution < -0.4 is 0 Å². The monoisotopic (exact) mass is 368 g/mol. The number of aryl methyl sites for hydroxylation is 1. The van der Waals surface area contributed by atoms with Crippen LogP contribution in [0.1, 0.15) is 43.0 Å². The number of carbonyl (C=O) groups is 1. The summed E-state index contributed by atoms with van der Waals surface area (Å²) in [5, 5.41) is 6.31. The van der Waals surface area contributed by atoms with E-state index >= 15 is 0 Å². The number of hydrazone groups is 1. The van der Waals surface area contributed by atoms with Gasteiger partial charge in [-0.1, -0.05) is 18.6 Å². The zero-order valence-corrected chi connectivity index (χ0v) is 15.6. The van der Waals surface area contributed by atoms with Gasteiger partial charge in [-0.25, -0.2) is 9.40 Å². The number of aromatic nitrogens is 1. The average Bonchev–Trinajstić information content (AvgIpc) is 3.29. The van der Waals surface area contributed by atoms with Crippen molar-refractivity contribution in [2.45, 2.75) is 31.7 Å². The Hall–Kier alpha value is -2.47. The first-order valence-electron chi connectivity index (χ1n) is 9.61. The van der Waals surface area contributed by atoms with Crippen molar-refractivity contribution in [2.24, 2.45) is 12.1 Å². The number of likely N-dealkylation sites (tertiary alicyclic amines) is 1. The van der Waals surface area contributed by atoms with Gasteiger partial charge >= 0.3 is 0 Å². The van der Waals surface area contributed by atoms with Crippen LogP contribution in [0, 0.1) is 5.82 Å². The van der Waals surface area contributed by atoms with E-state index in [4.69, 9.17) is 0 Å². The molecule has 0 spiro atoms. The van der Waals surface area contributed by atoms with Gasteiger partial charge in [-0.2, -0.15) is 5.10 Å². The highest BCUT2D eigenvalue weighted by Gasteiger charge is 2.35. The van der Waals surface area contributed by atoms with Gasteiger partial charge in [-0.05, 0) is 55.8 Å². The number of piperidine rings is 1. The summed E-state index contributed by atoms with van der Waals surface area (Å²) in [5.74, 6) is -0.241. The van der Waals surface area contributed by atoms with Crippen molar-refractivity contribution < 1.29 is 9.18 Å². The van der Waals surface area contributed by atoms with Gasteiger partial charge in [-0.3, -0.25) is 9.69 Å². The zero-order chi connectivity index (χ0) is 18.8. The van der Waals surface area contributed by atoms with Crippen LogP contribution in [-0.4, -0.2) is 45.7 Å². The molecule has 27 heavy (non-hydrogen) atoms. The highest BCUT2D eigenvalue weighted by molar-refractivity contribution is 6.03. The van der Waals surface area contributed by atoms with Crippen molar-refractivity contribution in [3.8, 4) is 0 Å². The Morgan fingerprint density at radius 1 is 1.15 bits per heavy atom. The quantitative estimate of drug-likeness (QED) is 0.831. The third-order valence-electron chi connectivity index (χ3n) is 5.48. The molecular formula is C21H25FN4O. The zero-order valence-electron chi connectivity index (χ0n) is 15.6. The largest absolute Gasteiger partial charge is 0.353 e. The molecule has 0 radical (unpaired) electrons. The molecule has 2 aliphatic heterocycles. The molecule has 3 heterocycles. The highest BCUT2D eigenvalue weighted by Crippen LogP contribution is 2.33. The smallest absolute Gasteiger partial charge is 0.257 e. The Balaban J connectivity index is 1.59. The van der Waals surface area contributed by atoms with Crippen LogP contribution in [0.15, 0.2) is 47.7 Å². The molecule has 0 bridgehead atoms. The first-order chi connectivity index (χ1) is 13.1. The molecule has 0 aliphatic carbocycles. The summed E-state index contributed by atoms with van der Waals surface area (Å²) >= 11 is 0. The van der Waals surface area contributed by atoms with Crippen molar-refractivity contribution in [2.75, 3.05) is 19.6 Å². The van der Waals surface area contributed by atoms with Gasteiger partial charge in [0.2, 0.25) is 0 Å². The number of nitrogens with zero attached hydrogens (tertiary/aromatic N) is 4. The van der Waals surface area contributed by atoms with E-state index in [1.54, 1.807) is 17.1 Å². The van der Waals surface area contributed by atoms with E-state index in [-0.39, 0.29) is 17.8 Å². The Labute approximate surface area is 159 Å². The summed E-state index contributed by atoms with van der Waals surface area (Å²) < 4.78 is 15.3. The van der Waals surface area contributed by atoms with E-state index < -0.39 is 0 Å². The average molecular weight is 368 g/mol. The normalized spacial score (nSPS) is 20.7. The van der Waals surface area contributed by atoms with Gasteiger partial charge in [0.15, 0.2) is 0 Å². The molecule has 1 unspecified atom stereocenters. The maximum absolute atomic E-state index is 13.3. The van der Waals surface area contributed by atoms with Crippen LogP contribution >= 0.6 is 0 Å². The second-order valence-corrected chi connectivity index (χ2v) is 7.39. The van der Waals surface area contributed by atoms with E-state index in [1.807, 2.05) is 29.9 Å². The molecule has 1 saturated heterocycles. The van der Waals surface area contributed by atoms with E-state index in [0.29, 0.717) is 13.0 Å². The lowest BCUT2D eigenvalue weighted by molar-refractivity contribution is -0.134. The third-order valence-corrected chi connectivity index (χ3v) is 5.48. The minimum Gasteiger partial charge on any atom is -0.353 e. The second-order valence-electron chi connectivity index (χ2n) is 7.39. The molecule has 1 aromatic heterocycles. The van der Waals surface area contributed by atoms with Crippen molar-refractivity contribution in [1.29, 1.82) is 0 Å². The van der Waals surface area contributed by atoms with E-state index in [1.165, 1.54) is 18.6 Å². The summed E-state index contributed by atoms with van der Waals surface area (Å²) in [5.41, 5.74) is 2.75. The molecule has 0 saturated carbocycles. The molecule has 2 aliphatic rings. The summed E-state index contributed by atoms with van der Waals surface area (Å²) in [6, 6.07) is 10.2. The minimum absolute atomic E-state index is 0.0280. The van der Waals surface area contributed by atoms with Gasteiger partial charge < -0.3 is 4.57 Å². The molecular weight excluding hydrogens is 343 g/mol. The SMILES string of the molecule is Cn1cccc1C1CC(c2ccc(F)cc2)=NN1C(=O)CN1CCCCC1. The fourth-order valence-electron chi connectivity index (χ4n) is 3.99.